The summed E-state index contributed by atoms with van der Waals surface area (Å²) in [5.41, 5.74) is 0.0220. The van der Waals surface area contributed by atoms with E-state index in [2.05, 4.69) is 21.5 Å². The van der Waals surface area contributed by atoms with E-state index in [-0.39, 0.29) is 22.1 Å². The molecule has 39 heavy (non-hydrogen) atoms. The first-order chi connectivity index (χ1) is 18.2. The molecule has 1 saturated heterocycles. The highest BCUT2D eigenvalue weighted by atomic mass is 35.5. The second-order valence-corrected chi connectivity index (χ2v) is 13.5. The first-order valence-corrected chi connectivity index (χ1v) is 15.2. The molecule has 5 N–H and O–H groups in total. The Morgan fingerprint density at radius 3 is 2.62 bits per heavy atom. The van der Waals surface area contributed by atoms with Gasteiger partial charge in [0.05, 0.1) is 34.7 Å². The van der Waals surface area contributed by atoms with E-state index in [1.807, 2.05) is 6.07 Å². The van der Waals surface area contributed by atoms with Crippen LogP contribution in [0, 0.1) is 22.7 Å². The molecule has 14 nitrogen and oxygen atoms in total. The van der Waals surface area contributed by atoms with Gasteiger partial charge in [-0.2, -0.15) is 15.6 Å². The zero-order valence-electron chi connectivity index (χ0n) is 20.1. The average Bonchev–Trinajstić information content (AvgIpc) is 3.38. The predicted molar refractivity (Wildman–Crippen MR) is 137 cm³/mol. The number of anilines is 1. The molecule has 0 unspecified atom stereocenters. The molecule has 1 aliphatic heterocycles. The van der Waals surface area contributed by atoms with E-state index >= 15 is 0 Å². The number of pyridine rings is 1. The highest BCUT2D eigenvalue weighted by Crippen LogP contribution is 2.39. The maximum absolute atomic E-state index is 12.2. The number of benzene rings is 1. The lowest BCUT2D eigenvalue weighted by Crippen LogP contribution is -2.36. The zero-order valence-corrected chi connectivity index (χ0v) is 22.5. The minimum absolute atomic E-state index is 0.00124. The van der Waals surface area contributed by atoms with Gasteiger partial charge in [0.1, 0.15) is 29.9 Å². The van der Waals surface area contributed by atoms with Gasteiger partial charge in [-0.1, -0.05) is 23.7 Å². The summed E-state index contributed by atoms with van der Waals surface area (Å²) in [6.07, 6.45) is -5.08. The Kier molecular flexibility index (Phi) is 8.01. The van der Waals surface area contributed by atoms with Crippen molar-refractivity contribution in [3.63, 3.8) is 0 Å². The summed E-state index contributed by atoms with van der Waals surface area (Å²) in [5.74, 6) is -0.967. The summed E-state index contributed by atoms with van der Waals surface area (Å²) in [6.45, 7) is 1.80. The summed E-state index contributed by atoms with van der Waals surface area (Å²) in [7, 11) is -9.28. The smallest absolute Gasteiger partial charge is 0.340 e. The average molecular weight is 597 g/mol. The zero-order chi connectivity index (χ0) is 28.7. The third-order valence-electron chi connectivity index (χ3n) is 6.05. The van der Waals surface area contributed by atoms with Crippen molar-refractivity contribution in [2.45, 2.75) is 37.5 Å². The van der Waals surface area contributed by atoms with Crippen LogP contribution in [0.3, 0.4) is 0 Å². The van der Waals surface area contributed by atoms with Crippen LogP contribution in [0.2, 0.25) is 5.15 Å². The van der Waals surface area contributed by atoms with Gasteiger partial charge < -0.3 is 30.1 Å². The number of aromatic nitrogens is 3. The van der Waals surface area contributed by atoms with Crippen LogP contribution in [-0.2, 0) is 19.1 Å². The molecule has 0 aliphatic carbocycles. The molecule has 1 aromatic carbocycles. The third kappa shape index (κ3) is 6.06. The molecule has 0 saturated carbocycles. The van der Waals surface area contributed by atoms with E-state index < -0.39 is 59.3 Å². The highest BCUT2D eigenvalue weighted by molar-refractivity contribution is 7.97. The van der Waals surface area contributed by atoms with Gasteiger partial charge in [0, 0.05) is 6.04 Å². The van der Waals surface area contributed by atoms with Gasteiger partial charge >= 0.3 is 7.60 Å². The van der Waals surface area contributed by atoms with Gasteiger partial charge in [-0.15, -0.1) is 0 Å². The maximum Gasteiger partial charge on any atom is 0.340 e. The van der Waals surface area contributed by atoms with E-state index in [0.29, 0.717) is 10.9 Å². The first kappa shape index (κ1) is 28.9. The quantitative estimate of drug-likeness (QED) is 0.182. The molecule has 0 bridgehead atoms. The SMILES string of the molecule is C[C@@H](Nc1c(C#N)c(Cl)nc2c1cnn2[C@@H]1O[C@H](CS(=O)(=O)CP(=O)(O)O)[C@@H](O)[C@H]1O)c1cccc(C#N)c1. The van der Waals surface area contributed by atoms with Gasteiger partial charge in [-0.05, 0) is 24.6 Å². The van der Waals surface area contributed by atoms with Crippen LogP contribution in [0.4, 0.5) is 5.69 Å². The fourth-order valence-electron chi connectivity index (χ4n) is 4.27. The van der Waals surface area contributed by atoms with Crippen LogP contribution in [0.25, 0.3) is 11.0 Å². The minimum Gasteiger partial charge on any atom is -0.387 e. The number of hydrogen-bond acceptors (Lipinski definition) is 11. The maximum atomic E-state index is 12.2. The molecule has 1 aliphatic rings. The number of aliphatic hydroxyl groups is 2. The number of nitrogens with zero attached hydrogens (tertiary/aromatic N) is 5. The van der Waals surface area contributed by atoms with Crippen molar-refractivity contribution in [1.82, 2.24) is 14.8 Å². The number of nitrogens with one attached hydrogen (secondary N) is 1. The van der Waals surface area contributed by atoms with Crippen molar-refractivity contribution in [3.8, 4) is 12.1 Å². The highest BCUT2D eigenvalue weighted by Gasteiger charge is 2.47. The monoisotopic (exact) mass is 596 g/mol. The van der Waals surface area contributed by atoms with Crippen LogP contribution in [-0.4, -0.2) is 72.7 Å². The molecule has 0 radical (unpaired) electrons. The Morgan fingerprint density at radius 2 is 1.97 bits per heavy atom. The number of fused-ring (bicyclic) bond motifs is 1. The summed E-state index contributed by atoms with van der Waals surface area (Å²) in [4.78, 5) is 22.2. The molecule has 3 aromatic rings. The van der Waals surface area contributed by atoms with E-state index in [1.165, 1.54) is 6.20 Å². The molecule has 17 heteroatoms. The summed E-state index contributed by atoms with van der Waals surface area (Å²) >= 11 is 6.30. The molecular weight excluding hydrogens is 575 g/mol. The first-order valence-electron chi connectivity index (χ1n) is 11.2. The van der Waals surface area contributed by atoms with Crippen molar-refractivity contribution < 1.29 is 37.7 Å². The van der Waals surface area contributed by atoms with Crippen molar-refractivity contribution in [2.24, 2.45) is 0 Å². The van der Waals surface area contributed by atoms with Crippen LogP contribution in [0.15, 0.2) is 30.5 Å². The van der Waals surface area contributed by atoms with Crippen LogP contribution in [0.5, 0.6) is 0 Å². The number of halogens is 1. The van der Waals surface area contributed by atoms with Crippen molar-refractivity contribution in [1.29, 1.82) is 10.5 Å². The number of sulfone groups is 1. The standard InChI is InChI=1S/C22H22ClN6O8PS/c1-11(13-4-2-3-12(5-13)6-24)27-17-14(7-25)20(23)28-21-15(17)8-26-29(21)22-19(31)18(30)16(37-22)9-39(35,36)10-38(32,33)34/h2-5,8,11,16,18-19,22,30-31H,9-10H2,1H3,(H,27,28)(H2,32,33,34)/t11-,16-,18-,19-,22-/m1/s1. The van der Waals surface area contributed by atoms with E-state index in [0.717, 1.165) is 10.2 Å². The van der Waals surface area contributed by atoms with E-state index in [9.17, 15) is 33.7 Å². The second kappa shape index (κ2) is 10.8. The lowest BCUT2D eigenvalue weighted by atomic mass is 10.0. The Morgan fingerprint density at radius 1 is 1.26 bits per heavy atom. The normalized spacial score (nSPS) is 22.4. The number of ether oxygens (including phenoxy) is 1. The fraction of sp³-hybridized carbons (Fsp3) is 0.364. The molecule has 206 valence electrons. The predicted octanol–water partition coefficient (Wildman–Crippen LogP) is 1.17. The molecule has 5 atom stereocenters. The summed E-state index contributed by atoms with van der Waals surface area (Å²) in [6, 6.07) is 10.5. The van der Waals surface area contributed by atoms with Gasteiger partial charge in [-0.3, -0.25) is 4.57 Å². The van der Waals surface area contributed by atoms with Crippen LogP contribution >= 0.6 is 19.2 Å². The van der Waals surface area contributed by atoms with Gasteiger partial charge in [0.25, 0.3) is 0 Å². The Balaban J connectivity index is 1.69. The number of aliphatic hydroxyl groups excluding tert-OH is 2. The Hall–Kier alpha value is -3.11. The van der Waals surface area contributed by atoms with Crippen LogP contribution < -0.4 is 5.32 Å². The lowest BCUT2D eigenvalue weighted by Gasteiger charge is -2.19. The van der Waals surface area contributed by atoms with Gasteiger partial charge in [0.2, 0.25) is 0 Å². The minimum atomic E-state index is -4.91. The molecule has 0 amide bonds. The Bertz CT molecular complexity index is 1660. The molecule has 2 aromatic heterocycles. The topological polar surface area (TPSA) is 232 Å². The molecule has 3 heterocycles. The molecule has 4 rings (SSSR count). The van der Waals surface area contributed by atoms with Crippen molar-refractivity contribution in [2.75, 3.05) is 16.6 Å². The van der Waals surface area contributed by atoms with E-state index in [1.54, 1.807) is 31.2 Å². The summed E-state index contributed by atoms with van der Waals surface area (Å²) < 4.78 is 42.2. The lowest BCUT2D eigenvalue weighted by molar-refractivity contribution is -0.0364. The number of nitriles is 2. The van der Waals surface area contributed by atoms with Crippen molar-refractivity contribution >= 4 is 45.8 Å². The largest absolute Gasteiger partial charge is 0.387 e. The molecule has 0 spiro atoms. The summed E-state index contributed by atoms with van der Waals surface area (Å²) in [5, 5.41) is 47.5. The second-order valence-electron chi connectivity index (χ2n) is 8.94. The number of rotatable bonds is 8. The fourth-order valence-corrected chi connectivity index (χ4v) is 7.74. The molecular formula is C22H22ClN6O8PS. The van der Waals surface area contributed by atoms with Crippen molar-refractivity contribution in [3.05, 3.63) is 52.3 Å². The third-order valence-corrected chi connectivity index (χ3v) is 10.1. The van der Waals surface area contributed by atoms with Gasteiger partial charge in [-0.25, -0.2) is 18.1 Å². The van der Waals surface area contributed by atoms with Crippen LogP contribution in [0.1, 0.15) is 35.9 Å². The number of hydrogen-bond donors (Lipinski definition) is 5. The Labute approximate surface area is 227 Å². The van der Waals surface area contributed by atoms with Gasteiger partial charge in [0.15, 0.2) is 32.4 Å². The molecule has 1 fully saturated rings. The van der Waals surface area contributed by atoms with E-state index in [4.69, 9.17) is 26.1 Å².